The molecule has 4 nitrogen and oxygen atoms in total. The van der Waals surface area contributed by atoms with Gasteiger partial charge >= 0.3 is 0 Å². The Labute approximate surface area is 156 Å². The molecule has 4 saturated carbocycles. The smallest absolute Gasteiger partial charge is 0.137 e. The molecule has 0 amide bonds. The van der Waals surface area contributed by atoms with Crippen LogP contribution in [0, 0.1) is 57.7 Å². The minimum atomic E-state index is -0.345. The first-order valence-corrected chi connectivity index (χ1v) is 10.3. The number of aliphatic hydroxyl groups is 1. The molecule has 142 valence electrons. The van der Waals surface area contributed by atoms with Crippen LogP contribution in [-0.2, 0) is 9.59 Å². The zero-order valence-corrected chi connectivity index (χ0v) is 16.2. The average Bonchev–Trinajstić information content (AvgIpc) is 2.87. The van der Waals surface area contributed by atoms with Crippen LogP contribution in [0.3, 0.4) is 0 Å². The van der Waals surface area contributed by atoms with Crippen molar-refractivity contribution in [2.24, 2.45) is 46.3 Å². The van der Waals surface area contributed by atoms with Crippen LogP contribution in [-0.4, -0.2) is 22.8 Å². The lowest BCUT2D eigenvalue weighted by Gasteiger charge is -2.59. The zero-order chi connectivity index (χ0) is 18.9. The van der Waals surface area contributed by atoms with Gasteiger partial charge in [0.15, 0.2) is 0 Å². The Balaban J connectivity index is 1.72. The molecule has 4 aliphatic rings. The van der Waals surface area contributed by atoms with Crippen molar-refractivity contribution in [1.29, 1.82) is 5.26 Å². The molecule has 4 heteroatoms. The van der Waals surface area contributed by atoms with Crippen molar-refractivity contribution in [3.05, 3.63) is 0 Å². The van der Waals surface area contributed by atoms with Crippen LogP contribution in [0.15, 0.2) is 0 Å². The molecule has 1 N–H and O–H groups in total. The van der Waals surface area contributed by atoms with Crippen molar-refractivity contribution < 1.29 is 14.7 Å². The highest BCUT2D eigenvalue weighted by Gasteiger charge is 2.65. The van der Waals surface area contributed by atoms with Crippen molar-refractivity contribution >= 4 is 11.6 Å². The third-order valence-corrected chi connectivity index (χ3v) is 8.98. The summed E-state index contributed by atoms with van der Waals surface area (Å²) in [6.07, 6.45) is 5.62. The Morgan fingerprint density at radius 3 is 2.58 bits per heavy atom. The van der Waals surface area contributed by atoms with Gasteiger partial charge in [-0.2, -0.15) is 5.26 Å². The highest BCUT2D eigenvalue weighted by atomic mass is 16.3. The molecule has 0 unspecified atom stereocenters. The number of ketones is 2. The van der Waals surface area contributed by atoms with Crippen molar-refractivity contribution in [3.63, 3.8) is 0 Å². The number of nitriles is 1. The van der Waals surface area contributed by atoms with Gasteiger partial charge < -0.3 is 5.11 Å². The van der Waals surface area contributed by atoms with Crippen LogP contribution in [0.25, 0.3) is 0 Å². The minimum Gasteiger partial charge on any atom is -0.393 e. The molecule has 0 aliphatic heterocycles. The molecular weight excluding hydrogens is 326 g/mol. The molecular formula is C22H31NO3. The number of fused-ring (bicyclic) bond motifs is 5. The van der Waals surface area contributed by atoms with Gasteiger partial charge in [0.05, 0.1) is 18.1 Å². The van der Waals surface area contributed by atoms with Gasteiger partial charge in [-0.1, -0.05) is 13.8 Å². The first-order valence-electron chi connectivity index (χ1n) is 10.3. The summed E-state index contributed by atoms with van der Waals surface area (Å²) in [5, 5.41) is 19.8. The molecule has 0 aromatic heterocycles. The number of rotatable bonds is 1. The van der Waals surface area contributed by atoms with E-state index in [1.54, 1.807) is 6.92 Å². The maximum Gasteiger partial charge on any atom is 0.137 e. The molecule has 0 aromatic carbocycles. The van der Waals surface area contributed by atoms with Crippen molar-refractivity contribution in [2.45, 2.75) is 71.8 Å². The highest BCUT2D eigenvalue weighted by molar-refractivity contribution is 5.87. The molecule has 0 radical (unpaired) electrons. The van der Waals surface area contributed by atoms with E-state index in [0.29, 0.717) is 30.0 Å². The number of carbonyl (C=O) groups is 2. The van der Waals surface area contributed by atoms with Gasteiger partial charge in [-0.15, -0.1) is 0 Å². The Morgan fingerprint density at radius 1 is 1.19 bits per heavy atom. The maximum absolute atomic E-state index is 13.4. The van der Waals surface area contributed by atoms with E-state index < -0.39 is 0 Å². The van der Waals surface area contributed by atoms with E-state index >= 15 is 0 Å². The third-order valence-electron chi connectivity index (χ3n) is 8.98. The van der Waals surface area contributed by atoms with Crippen molar-refractivity contribution in [3.8, 4) is 6.07 Å². The maximum atomic E-state index is 13.4. The number of aliphatic hydroxyl groups excluding tert-OH is 1. The molecule has 9 atom stereocenters. The summed E-state index contributed by atoms with van der Waals surface area (Å²) in [6, 6.07) is 2.39. The fourth-order valence-electron chi connectivity index (χ4n) is 7.98. The fraction of sp³-hybridized carbons (Fsp3) is 0.864. The van der Waals surface area contributed by atoms with Crippen LogP contribution in [0.5, 0.6) is 0 Å². The summed E-state index contributed by atoms with van der Waals surface area (Å²) >= 11 is 0. The van der Waals surface area contributed by atoms with E-state index in [0.717, 1.165) is 38.5 Å². The van der Waals surface area contributed by atoms with E-state index in [2.05, 4.69) is 19.9 Å². The monoisotopic (exact) mass is 357 g/mol. The zero-order valence-electron chi connectivity index (χ0n) is 16.2. The lowest BCUT2D eigenvalue weighted by Crippen LogP contribution is -2.58. The Bertz CT molecular complexity index is 681. The molecule has 0 saturated heterocycles. The van der Waals surface area contributed by atoms with E-state index in [1.807, 2.05) is 0 Å². The molecule has 4 fully saturated rings. The summed E-state index contributed by atoms with van der Waals surface area (Å²) < 4.78 is 0. The Hall–Kier alpha value is -1.21. The fourth-order valence-corrected chi connectivity index (χ4v) is 7.98. The van der Waals surface area contributed by atoms with Crippen LogP contribution in [0.1, 0.15) is 65.7 Å². The number of carbonyl (C=O) groups excluding carboxylic acids is 2. The second-order valence-electron chi connectivity index (χ2n) is 10.2. The van der Waals surface area contributed by atoms with Gasteiger partial charge in [0.25, 0.3) is 0 Å². The second kappa shape index (κ2) is 5.89. The topological polar surface area (TPSA) is 78.2 Å². The highest BCUT2D eigenvalue weighted by Crippen LogP contribution is 2.67. The molecule has 0 heterocycles. The average molecular weight is 357 g/mol. The summed E-state index contributed by atoms with van der Waals surface area (Å²) in [5.41, 5.74) is -0.362. The molecule has 26 heavy (non-hydrogen) atoms. The summed E-state index contributed by atoms with van der Waals surface area (Å²) in [4.78, 5) is 25.8. The summed E-state index contributed by atoms with van der Waals surface area (Å²) in [5.74, 6) is 0.949. The summed E-state index contributed by atoms with van der Waals surface area (Å²) in [7, 11) is 0. The largest absolute Gasteiger partial charge is 0.393 e. The van der Waals surface area contributed by atoms with Crippen LogP contribution >= 0.6 is 0 Å². The van der Waals surface area contributed by atoms with Gasteiger partial charge in [0.1, 0.15) is 11.6 Å². The SMILES string of the molecule is CC(=O)[C@H]1[C@H](C#N)C[C@H]2[C@@H]3CC[C@@H]4C[C@H](O)CC[C@]4(C)[C@H]3C(=O)C[C@@]21C. The lowest BCUT2D eigenvalue weighted by molar-refractivity contribution is -0.162. The predicted octanol–water partition coefficient (Wildman–Crippen LogP) is 3.52. The van der Waals surface area contributed by atoms with Gasteiger partial charge in [-0.3, -0.25) is 9.59 Å². The van der Waals surface area contributed by atoms with Gasteiger partial charge in [0.2, 0.25) is 0 Å². The van der Waals surface area contributed by atoms with Crippen LogP contribution in [0.4, 0.5) is 0 Å². The van der Waals surface area contributed by atoms with Crippen LogP contribution in [0.2, 0.25) is 0 Å². The first kappa shape index (κ1) is 18.2. The van der Waals surface area contributed by atoms with Gasteiger partial charge in [-0.25, -0.2) is 0 Å². The van der Waals surface area contributed by atoms with E-state index in [-0.39, 0.29) is 40.5 Å². The number of Topliss-reactive ketones (excluding diaryl/α,β-unsaturated/α-hetero) is 2. The molecule has 0 spiro atoms. The molecule has 0 aromatic rings. The summed E-state index contributed by atoms with van der Waals surface area (Å²) in [6.45, 7) is 5.98. The molecule has 4 rings (SSSR count). The number of hydrogen-bond acceptors (Lipinski definition) is 4. The Morgan fingerprint density at radius 2 is 1.92 bits per heavy atom. The predicted molar refractivity (Wildman–Crippen MR) is 96.8 cm³/mol. The van der Waals surface area contributed by atoms with E-state index in [9.17, 15) is 20.0 Å². The van der Waals surface area contributed by atoms with E-state index in [4.69, 9.17) is 0 Å². The van der Waals surface area contributed by atoms with Crippen LogP contribution < -0.4 is 0 Å². The quantitative estimate of drug-likeness (QED) is 0.779. The standard InChI is InChI=1S/C22H31NO3/c1-12(24)19-13(11-23)8-17-16-5-4-14-9-15(25)6-7-21(14,2)20(16)18(26)10-22(17,19)3/h13-17,19-20,25H,4-10H2,1-3H3/t13-,14+,15+,16-,17-,19-,20+,21-,22-/m0/s1. The normalized spacial score (nSPS) is 53.2. The number of hydrogen-bond donors (Lipinski definition) is 1. The number of nitrogens with zero attached hydrogens (tertiary/aromatic N) is 1. The van der Waals surface area contributed by atoms with Crippen molar-refractivity contribution in [2.75, 3.05) is 0 Å². The van der Waals surface area contributed by atoms with Crippen molar-refractivity contribution in [1.82, 2.24) is 0 Å². The molecule has 4 aliphatic carbocycles. The van der Waals surface area contributed by atoms with Gasteiger partial charge in [-0.05, 0) is 74.0 Å². The second-order valence-corrected chi connectivity index (χ2v) is 10.2. The third kappa shape index (κ3) is 2.29. The minimum absolute atomic E-state index is 0.0169. The molecule has 0 bridgehead atoms. The lowest BCUT2D eigenvalue weighted by atomic mass is 9.44. The van der Waals surface area contributed by atoms with E-state index in [1.165, 1.54) is 0 Å². The first-order chi connectivity index (χ1) is 12.2. The Kier molecular flexibility index (Phi) is 4.12. The van der Waals surface area contributed by atoms with Gasteiger partial charge in [0, 0.05) is 18.3 Å².